The fourth-order valence-electron chi connectivity index (χ4n) is 1.92. The first-order valence-electron chi connectivity index (χ1n) is 5.67. The number of Topliss-reactive ketones (excluding diaryl/α,β-unsaturated/α-hetero) is 1. The highest BCUT2D eigenvalue weighted by Crippen LogP contribution is 2.32. The number of hydrogen-bond donors (Lipinski definition) is 0. The van der Waals surface area contributed by atoms with Gasteiger partial charge in [-0.05, 0) is 18.1 Å². The molecule has 1 aliphatic carbocycles. The van der Waals surface area contributed by atoms with Crippen molar-refractivity contribution in [3.63, 3.8) is 0 Å². The van der Waals surface area contributed by atoms with E-state index in [1.165, 1.54) is 12.1 Å². The molecule has 0 N–H and O–H groups in total. The smallest absolute Gasteiger partial charge is 0.294 e. The van der Waals surface area contributed by atoms with Crippen LogP contribution in [0.3, 0.4) is 0 Å². The molecule has 0 aliphatic heterocycles. The molecule has 1 saturated carbocycles. The lowest BCUT2D eigenvalue weighted by atomic mass is 9.81. The third-order valence-corrected chi connectivity index (χ3v) is 3.23. The first-order chi connectivity index (χ1) is 7.97. The summed E-state index contributed by atoms with van der Waals surface area (Å²) in [6, 6.07) is 4.47. The largest absolute Gasteiger partial charge is 0.416 e. The zero-order valence-corrected chi connectivity index (χ0v) is 9.26. The summed E-state index contributed by atoms with van der Waals surface area (Å²) in [6.07, 6.45) is -0.593. The molecule has 2 rings (SSSR count). The molecule has 0 radical (unpaired) electrons. The minimum Gasteiger partial charge on any atom is -0.294 e. The quantitative estimate of drug-likeness (QED) is 0.730. The second kappa shape index (κ2) is 4.51. The van der Waals surface area contributed by atoms with Gasteiger partial charge in [0.15, 0.2) is 5.78 Å². The van der Waals surface area contributed by atoms with Gasteiger partial charge in [0.1, 0.15) is 0 Å². The maximum Gasteiger partial charge on any atom is 0.416 e. The van der Waals surface area contributed by atoms with Gasteiger partial charge in [0.05, 0.1) is 5.56 Å². The van der Waals surface area contributed by atoms with E-state index in [1.54, 1.807) is 0 Å². The molecule has 1 aliphatic rings. The van der Waals surface area contributed by atoms with E-state index in [-0.39, 0.29) is 5.78 Å². The lowest BCUT2D eigenvalue weighted by molar-refractivity contribution is -0.137. The molecule has 1 fully saturated rings. The summed E-state index contributed by atoms with van der Waals surface area (Å²) in [5.41, 5.74) is -0.331. The Bertz CT molecular complexity index is 402. The molecule has 0 amide bonds. The van der Waals surface area contributed by atoms with Crippen LogP contribution < -0.4 is 0 Å². The first kappa shape index (κ1) is 12.1. The van der Waals surface area contributed by atoms with Crippen LogP contribution in [-0.2, 0) is 6.18 Å². The molecule has 0 aromatic heterocycles. The minimum absolute atomic E-state index is 0.0524. The molecule has 0 heterocycles. The van der Waals surface area contributed by atoms with Crippen molar-refractivity contribution >= 4 is 5.78 Å². The Labute approximate surface area is 97.6 Å². The predicted octanol–water partition coefficient (Wildman–Crippen LogP) is 4.08. The van der Waals surface area contributed by atoms with Crippen LogP contribution in [0.15, 0.2) is 24.3 Å². The van der Waals surface area contributed by atoms with Gasteiger partial charge in [0.2, 0.25) is 0 Å². The van der Waals surface area contributed by atoms with E-state index in [4.69, 9.17) is 0 Å². The van der Waals surface area contributed by atoms with Crippen LogP contribution in [0.1, 0.15) is 41.6 Å². The van der Waals surface area contributed by atoms with E-state index in [1.807, 2.05) is 0 Å². The van der Waals surface area contributed by atoms with Crippen LogP contribution >= 0.6 is 0 Å². The summed E-state index contributed by atoms with van der Waals surface area (Å²) in [5.74, 6) is 0.383. The zero-order valence-electron chi connectivity index (χ0n) is 9.26. The molecule has 0 bridgehead atoms. The third-order valence-electron chi connectivity index (χ3n) is 3.23. The van der Waals surface area contributed by atoms with Crippen LogP contribution in [0.5, 0.6) is 0 Å². The van der Waals surface area contributed by atoms with Crippen molar-refractivity contribution in [3.8, 4) is 0 Å². The molecule has 0 saturated heterocycles. The standard InChI is InChI=1S/C13H13F3O/c14-13(15,16)11-6-4-10(5-7-11)12(17)8-9-2-1-3-9/h4-7,9H,1-3,8H2. The topological polar surface area (TPSA) is 17.1 Å². The van der Waals surface area contributed by atoms with Crippen LogP contribution in [0.4, 0.5) is 13.2 Å². The van der Waals surface area contributed by atoms with Gasteiger partial charge >= 0.3 is 6.18 Å². The number of alkyl halides is 3. The highest BCUT2D eigenvalue weighted by molar-refractivity contribution is 5.96. The van der Waals surface area contributed by atoms with Gasteiger partial charge in [-0.3, -0.25) is 4.79 Å². The molecular weight excluding hydrogens is 229 g/mol. The molecule has 92 valence electrons. The average Bonchev–Trinajstić information content (AvgIpc) is 2.22. The van der Waals surface area contributed by atoms with E-state index in [2.05, 4.69) is 0 Å². The molecule has 0 unspecified atom stereocenters. The second-order valence-electron chi connectivity index (χ2n) is 4.50. The Balaban J connectivity index is 2.04. The molecule has 1 nitrogen and oxygen atoms in total. The Morgan fingerprint density at radius 1 is 1.18 bits per heavy atom. The SMILES string of the molecule is O=C(CC1CCC1)c1ccc(C(F)(F)F)cc1. The van der Waals surface area contributed by atoms with Gasteiger partial charge in [-0.25, -0.2) is 0 Å². The molecular formula is C13H13F3O. The monoisotopic (exact) mass is 242 g/mol. The van der Waals surface area contributed by atoms with E-state index in [0.717, 1.165) is 31.4 Å². The van der Waals surface area contributed by atoms with Crippen LogP contribution in [0.25, 0.3) is 0 Å². The summed E-state index contributed by atoms with van der Waals surface area (Å²) in [5, 5.41) is 0. The van der Waals surface area contributed by atoms with Crippen molar-refractivity contribution in [1.29, 1.82) is 0 Å². The molecule has 4 heteroatoms. The minimum atomic E-state index is -4.34. The maximum atomic E-state index is 12.3. The number of carbonyl (C=O) groups is 1. The Hall–Kier alpha value is -1.32. The van der Waals surface area contributed by atoms with E-state index < -0.39 is 11.7 Å². The lowest BCUT2D eigenvalue weighted by Gasteiger charge is -2.24. The van der Waals surface area contributed by atoms with E-state index in [0.29, 0.717) is 17.9 Å². The highest BCUT2D eigenvalue weighted by Gasteiger charge is 2.30. The number of hydrogen-bond acceptors (Lipinski definition) is 1. The molecule has 17 heavy (non-hydrogen) atoms. The average molecular weight is 242 g/mol. The number of rotatable bonds is 3. The van der Waals surface area contributed by atoms with Gasteiger partial charge in [0, 0.05) is 12.0 Å². The first-order valence-corrected chi connectivity index (χ1v) is 5.67. The summed E-state index contributed by atoms with van der Waals surface area (Å²) >= 11 is 0. The van der Waals surface area contributed by atoms with Crippen molar-refractivity contribution in [1.82, 2.24) is 0 Å². The van der Waals surface area contributed by atoms with Gasteiger partial charge in [0.25, 0.3) is 0 Å². The molecule has 0 atom stereocenters. The Morgan fingerprint density at radius 2 is 1.76 bits per heavy atom. The van der Waals surface area contributed by atoms with Gasteiger partial charge in [-0.2, -0.15) is 13.2 Å². The fraction of sp³-hybridized carbons (Fsp3) is 0.462. The number of halogens is 3. The third kappa shape index (κ3) is 2.87. The maximum absolute atomic E-state index is 12.3. The predicted molar refractivity (Wildman–Crippen MR) is 57.7 cm³/mol. The Morgan fingerprint density at radius 3 is 2.18 bits per heavy atom. The van der Waals surface area contributed by atoms with Crippen LogP contribution in [0, 0.1) is 5.92 Å². The van der Waals surface area contributed by atoms with Crippen molar-refractivity contribution in [2.75, 3.05) is 0 Å². The number of benzene rings is 1. The van der Waals surface area contributed by atoms with Crippen LogP contribution in [0.2, 0.25) is 0 Å². The lowest BCUT2D eigenvalue weighted by Crippen LogP contribution is -2.16. The summed E-state index contributed by atoms with van der Waals surface area (Å²) in [6.45, 7) is 0. The summed E-state index contributed by atoms with van der Waals surface area (Å²) in [7, 11) is 0. The van der Waals surface area contributed by atoms with Crippen LogP contribution in [-0.4, -0.2) is 5.78 Å². The summed E-state index contributed by atoms with van der Waals surface area (Å²) < 4.78 is 36.9. The fourth-order valence-corrected chi connectivity index (χ4v) is 1.92. The summed E-state index contributed by atoms with van der Waals surface area (Å²) in [4.78, 5) is 11.7. The Kier molecular flexibility index (Phi) is 3.22. The van der Waals surface area contributed by atoms with Gasteiger partial charge in [-0.1, -0.05) is 31.4 Å². The van der Waals surface area contributed by atoms with Crippen molar-refractivity contribution in [2.24, 2.45) is 5.92 Å². The molecule has 1 aromatic rings. The van der Waals surface area contributed by atoms with Crippen molar-refractivity contribution in [2.45, 2.75) is 31.9 Å². The zero-order chi connectivity index (χ0) is 12.5. The normalized spacial score (nSPS) is 16.6. The van der Waals surface area contributed by atoms with E-state index in [9.17, 15) is 18.0 Å². The van der Waals surface area contributed by atoms with Crippen molar-refractivity contribution in [3.05, 3.63) is 35.4 Å². The number of ketones is 1. The molecule has 0 spiro atoms. The highest BCUT2D eigenvalue weighted by atomic mass is 19.4. The van der Waals surface area contributed by atoms with Gasteiger partial charge in [-0.15, -0.1) is 0 Å². The van der Waals surface area contributed by atoms with Gasteiger partial charge < -0.3 is 0 Å². The van der Waals surface area contributed by atoms with E-state index >= 15 is 0 Å². The number of carbonyl (C=O) groups excluding carboxylic acids is 1. The molecule has 1 aromatic carbocycles. The van der Waals surface area contributed by atoms with Crippen molar-refractivity contribution < 1.29 is 18.0 Å². The second-order valence-corrected chi connectivity index (χ2v) is 4.50.